The van der Waals surface area contributed by atoms with Crippen molar-refractivity contribution in [1.29, 1.82) is 0 Å². The quantitative estimate of drug-likeness (QED) is 0.852. The first-order valence-electron chi connectivity index (χ1n) is 5.74. The second kappa shape index (κ2) is 4.57. The second-order valence-electron chi connectivity index (χ2n) is 4.26. The molecule has 0 radical (unpaired) electrons. The SMILES string of the molecule is Cc1c(C(=O)O)cccc1N1CCCCC1=O. The highest BCUT2D eigenvalue weighted by atomic mass is 16.4. The van der Waals surface area contributed by atoms with Gasteiger partial charge in [0.2, 0.25) is 5.91 Å². The average molecular weight is 233 g/mol. The van der Waals surface area contributed by atoms with E-state index in [1.165, 1.54) is 0 Å². The number of nitrogens with zero attached hydrogens (tertiary/aromatic N) is 1. The van der Waals surface area contributed by atoms with E-state index in [0.29, 0.717) is 18.5 Å². The van der Waals surface area contributed by atoms with Crippen LogP contribution in [0.15, 0.2) is 18.2 Å². The minimum absolute atomic E-state index is 0.0851. The average Bonchev–Trinajstić information content (AvgIpc) is 2.30. The van der Waals surface area contributed by atoms with Crippen LogP contribution >= 0.6 is 0 Å². The summed E-state index contributed by atoms with van der Waals surface area (Å²) in [6.07, 6.45) is 2.45. The number of anilines is 1. The molecule has 90 valence electrons. The monoisotopic (exact) mass is 233 g/mol. The predicted molar refractivity (Wildman–Crippen MR) is 64.3 cm³/mol. The summed E-state index contributed by atoms with van der Waals surface area (Å²) in [5.41, 5.74) is 1.66. The van der Waals surface area contributed by atoms with Crippen LogP contribution in [0.2, 0.25) is 0 Å². The van der Waals surface area contributed by atoms with Gasteiger partial charge in [-0.1, -0.05) is 6.07 Å². The number of rotatable bonds is 2. The largest absolute Gasteiger partial charge is 0.478 e. The Morgan fingerprint density at radius 1 is 1.35 bits per heavy atom. The number of piperidine rings is 1. The van der Waals surface area contributed by atoms with Crippen LogP contribution in [0.5, 0.6) is 0 Å². The van der Waals surface area contributed by atoms with Gasteiger partial charge in [-0.05, 0) is 37.5 Å². The van der Waals surface area contributed by atoms with Crippen LogP contribution in [-0.4, -0.2) is 23.5 Å². The topological polar surface area (TPSA) is 57.6 Å². The summed E-state index contributed by atoms with van der Waals surface area (Å²) in [5.74, 6) is -0.865. The molecule has 1 aromatic carbocycles. The number of hydrogen-bond donors (Lipinski definition) is 1. The molecule has 0 spiro atoms. The van der Waals surface area contributed by atoms with Crippen LogP contribution in [0.4, 0.5) is 5.69 Å². The van der Waals surface area contributed by atoms with Gasteiger partial charge in [0.25, 0.3) is 0 Å². The molecule has 4 nitrogen and oxygen atoms in total. The number of carboxylic acid groups (broad SMARTS) is 1. The fourth-order valence-corrected chi connectivity index (χ4v) is 2.21. The van der Waals surface area contributed by atoms with Gasteiger partial charge in [0.1, 0.15) is 0 Å². The van der Waals surface area contributed by atoms with Crippen molar-refractivity contribution in [3.8, 4) is 0 Å². The number of carbonyl (C=O) groups excluding carboxylic acids is 1. The fraction of sp³-hybridized carbons (Fsp3) is 0.385. The Morgan fingerprint density at radius 2 is 2.12 bits per heavy atom. The molecule has 1 fully saturated rings. The predicted octanol–water partition coefficient (Wildman–Crippen LogP) is 2.21. The molecule has 0 unspecified atom stereocenters. The van der Waals surface area contributed by atoms with Crippen molar-refractivity contribution < 1.29 is 14.7 Å². The number of carboxylic acids is 1. The molecule has 1 saturated heterocycles. The van der Waals surface area contributed by atoms with Crippen LogP contribution in [0.3, 0.4) is 0 Å². The maximum absolute atomic E-state index is 11.8. The van der Waals surface area contributed by atoms with Gasteiger partial charge >= 0.3 is 5.97 Å². The third-order valence-corrected chi connectivity index (χ3v) is 3.15. The molecule has 0 aliphatic carbocycles. The number of aromatic carboxylic acids is 1. The number of benzene rings is 1. The molecule has 17 heavy (non-hydrogen) atoms. The van der Waals surface area contributed by atoms with E-state index in [0.717, 1.165) is 18.5 Å². The Hall–Kier alpha value is -1.84. The lowest BCUT2D eigenvalue weighted by molar-refractivity contribution is -0.119. The fourth-order valence-electron chi connectivity index (χ4n) is 2.21. The van der Waals surface area contributed by atoms with Gasteiger partial charge in [-0.25, -0.2) is 4.79 Å². The third kappa shape index (κ3) is 2.16. The Morgan fingerprint density at radius 3 is 2.76 bits per heavy atom. The Labute approximate surface area is 99.9 Å². The van der Waals surface area contributed by atoms with Crippen LogP contribution in [-0.2, 0) is 4.79 Å². The first kappa shape index (κ1) is 11.6. The van der Waals surface area contributed by atoms with Crippen LogP contribution in [0, 0.1) is 6.92 Å². The summed E-state index contributed by atoms with van der Waals surface area (Å²) >= 11 is 0. The van der Waals surface area contributed by atoms with E-state index in [-0.39, 0.29) is 11.5 Å². The summed E-state index contributed by atoms with van der Waals surface area (Å²) in [6, 6.07) is 5.06. The molecule has 0 atom stereocenters. The first-order chi connectivity index (χ1) is 8.11. The maximum Gasteiger partial charge on any atom is 0.336 e. The molecule has 0 saturated carbocycles. The first-order valence-corrected chi connectivity index (χ1v) is 5.74. The van der Waals surface area contributed by atoms with E-state index in [1.54, 1.807) is 24.0 Å². The molecule has 1 aliphatic heterocycles. The van der Waals surface area contributed by atoms with E-state index >= 15 is 0 Å². The van der Waals surface area contributed by atoms with E-state index in [1.807, 2.05) is 6.07 Å². The molecule has 2 rings (SSSR count). The van der Waals surface area contributed by atoms with Crippen molar-refractivity contribution in [2.75, 3.05) is 11.4 Å². The maximum atomic E-state index is 11.8. The lowest BCUT2D eigenvalue weighted by atomic mass is 10.0. The molecule has 1 aromatic rings. The van der Waals surface area contributed by atoms with Crippen molar-refractivity contribution in [3.05, 3.63) is 29.3 Å². The standard InChI is InChI=1S/C13H15NO3/c1-9-10(13(16)17)5-4-6-11(9)14-8-3-2-7-12(14)15/h4-6H,2-3,7-8H2,1H3,(H,16,17). The van der Waals surface area contributed by atoms with Crippen LogP contribution in [0.25, 0.3) is 0 Å². The highest BCUT2D eigenvalue weighted by Crippen LogP contribution is 2.26. The summed E-state index contributed by atoms with van der Waals surface area (Å²) in [6.45, 7) is 2.43. The van der Waals surface area contributed by atoms with E-state index in [9.17, 15) is 9.59 Å². The number of carbonyl (C=O) groups is 2. The minimum atomic E-state index is -0.950. The zero-order valence-corrected chi connectivity index (χ0v) is 9.77. The number of hydrogen-bond acceptors (Lipinski definition) is 2. The summed E-state index contributed by atoms with van der Waals surface area (Å²) < 4.78 is 0. The van der Waals surface area contributed by atoms with Crippen LogP contribution < -0.4 is 4.90 Å². The van der Waals surface area contributed by atoms with Crippen molar-refractivity contribution in [2.24, 2.45) is 0 Å². The molecule has 1 amide bonds. The second-order valence-corrected chi connectivity index (χ2v) is 4.26. The Kier molecular flexibility index (Phi) is 3.13. The molecular weight excluding hydrogens is 218 g/mol. The van der Waals surface area contributed by atoms with Crippen molar-refractivity contribution in [3.63, 3.8) is 0 Å². The molecular formula is C13H15NO3. The van der Waals surface area contributed by atoms with Gasteiger partial charge in [0.15, 0.2) is 0 Å². The Balaban J connectivity index is 2.41. The highest BCUT2D eigenvalue weighted by Gasteiger charge is 2.22. The zero-order chi connectivity index (χ0) is 12.4. The molecule has 1 N–H and O–H groups in total. The van der Waals surface area contributed by atoms with E-state index < -0.39 is 5.97 Å². The van der Waals surface area contributed by atoms with Gasteiger partial charge in [-0.2, -0.15) is 0 Å². The van der Waals surface area contributed by atoms with Crippen molar-refractivity contribution >= 4 is 17.6 Å². The van der Waals surface area contributed by atoms with Gasteiger partial charge in [-0.15, -0.1) is 0 Å². The summed E-state index contributed by atoms with van der Waals surface area (Å²) in [7, 11) is 0. The van der Waals surface area contributed by atoms with E-state index in [2.05, 4.69) is 0 Å². The summed E-state index contributed by atoms with van der Waals surface area (Å²) in [5, 5.41) is 9.05. The summed E-state index contributed by atoms with van der Waals surface area (Å²) in [4.78, 5) is 24.5. The van der Waals surface area contributed by atoms with Gasteiger partial charge in [0.05, 0.1) is 5.56 Å². The van der Waals surface area contributed by atoms with Crippen molar-refractivity contribution in [1.82, 2.24) is 0 Å². The number of amides is 1. The molecule has 1 heterocycles. The normalized spacial score (nSPS) is 16.1. The molecule has 0 aromatic heterocycles. The lowest BCUT2D eigenvalue weighted by Crippen LogP contribution is -2.35. The van der Waals surface area contributed by atoms with Crippen LogP contribution in [0.1, 0.15) is 35.2 Å². The third-order valence-electron chi connectivity index (χ3n) is 3.15. The molecule has 4 heteroatoms. The smallest absolute Gasteiger partial charge is 0.336 e. The zero-order valence-electron chi connectivity index (χ0n) is 9.77. The van der Waals surface area contributed by atoms with E-state index in [4.69, 9.17) is 5.11 Å². The van der Waals surface area contributed by atoms with Gasteiger partial charge < -0.3 is 10.0 Å². The minimum Gasteiger partial charge on any atom is -0.478 e. The highest BCUT2D eigenvalue weighted by molar-refractivity contribution is 5.98. The van der Waals surface area contributed by atoms with Gasteiger partial charge in [-0.3, -0.25) is 4.79 Å². The molecule has 1 aliphatic rings. The van der Waals surface area contributed by atoms with Gasteiger partial charge in [0, 0.05) is 18.7 Å². The lowest BCUT2D eigenvalue weighted by Gasteiger charge is -2.28. The Bertz CT molecular complexity index is 468. The van der Waals surface area contributed by atoms with Crippen molar-refractivity contribution in [2.45, 2.75) is 26.2 Å². The molecule has 0 bridgehead atoms.